The van der Waals surface area contributed by atoms with Crippen molar-refractivity contribution < 1.29 is 9.59 Å². The van der Waals surface area contributed by atoms with Crippen LogP contribution in [0.2, 0.25) is 0 Å². The van der Waals surface area contributed by atoms with Gasteiger partial charge in [0.2, 0.25) is 5.91 Å². The Morgan fingerprint density at radius 3 is 2.68 bits per heavy atom. The third-order valence-corrected chi connectivity index (χ3v) is 5.40. The number of aromatic nitrogens is 3. The predicted molar refractivity (Wildman–Crippen MR) is 108 cm³/mol. The van der Waals surface area contributed by atoms with Crippen molar-refractivity contribution >= 4 is 34.7 Å². The summed E-state index contributed by atoms with van der Waals surface area (Å²) >= 11 is 1.57. The van der Waals surface area contributed by atoms with Crippen molar-refractivity contribution in [3.8, 4) is 10.6 Å². The quantitative estimate of drug-likeness (QED) is 0.716. The minimum absolute atomic E-state index is 0.0798. The van der Waals surface area contributed by atoms with E-state index in [0.29, 0.717) is 24.7 Å². The van der Waals surface area contributed by atoms with E-state index in [0.717, 1.165) is 16.3 Å². The topological polar surface area (TPSA) is 83.4 Å². The van der Waals surface area contributed by atoms with Gasteiger partial charge in [0.15, 0.2) is 11.5 Å². The maximum Gasteiger partial charge on any atom is 0.275 e. The number of hydrogen-bond acceptors (Lipinski definition) is 6. The number of amides is 2. The molecule has 9 heteroatoms. The summed E-state index contributed by atoms with van der Waals surface area (Å²) in [4.78, 5) is 36.9. The number of carbonyl (C=O) groups is 2. The van der Waals surface area contributed by atoms with Crippen molar-refractivity contribution in [1.29, 1.82) is 0 Å². The maximum absolute atomic E-state index is 12.4. The van der Waals surface area contributed by atoms with Crippen LogP contribution < -0.4 is 10.2 Å². The fraction of sp³-hybridized carbons (Fsp3) is 0.263. The molecule has 0 unspecified atom stereocenters. The van der Waals surface area contributed by atoms with Gasteiger partial charge in [0, 0.05) is 49.9 Å². The molecule has 1 N–H and O–H groups in total. The van der Waals surface area contributed by atoms with Gasteiger partial charge in [-0.3, -0.25) is 9.59 Å². The van der Waals surface area contributed by atoms with E-state index in [2.05, 4.69) is 15.3 Å². The summed E-state index contributed by atoms with van der Waals surface area (Å²) in [6.07, 6.45) is 3.64. The Bertz CT molecular complexity index is 996. The highest BCUT2D eigenvalue weighted by Gasteiger charge is 2.29. The number of aryl methyl sites for hydroxylation is 1. The molecule has 1 aliphatic heterocycles. The van der Waals surface area contributed by atoms with E-state index in [1.807, 2.05) is 41.6 Å². The van der Waals surface area contributed by atoms with E-state index in [1.54, 1.807) is 40.4 Å². The minimum Gasteiger partial charge on any atom is -0.340 e. The molecule has 0 atom stereocenters. The number of nitrogens with zero attached hydrogens (tertiary/aromatic N) is 5. The van der Waals surface area contributed by atoms with Crippen molar-refractivity contribution in [2.45, 2.75) is 13.0 Å². The number of fused-ring (bicyclic) bond motifs is 1. The minimum atomic E-state index is -0.116. The van der Waals surface area contributed by atoms with Gasteiger partial charge >= 0.3 is 0 Å². The van der Waals surface area contributed by atoms with Gasteiger partial charge in [0.05, 0.1) is 13.0 Å². The van der Waals surface area contributed by atoms with E-state index in [9.17, 15) is 9.59 Å². The smallest absolute Gasteiger partial charge is 0.275 e. The zero-order valence-electron chi connectivity index (χ0n) is 15.6. The standard InChI is InChI=1S/C19H20N6O2S/c1-23-12-24(2)19(27)16-17(23)21-11-25(16)9-7-15(26)22-14-5-3-13(4-6-14)18-20-8-10-28-18/h3-6,8,10-11H,7,9,12H2,1-2H3,(H,22,26). The summed E-state index contributed by atoms with van der Waals surface area (Å²) in [6, 6.07) is 7.60. The molecular weight excluding hydrogens is 376 g/mol. The average Bonchev–Trinajstić information content (AvgIpc) is 3.35. The fourth-order valence-electron chi connectivity index (χ4n) is 3.18. The maximum atomic E-state index is 12.4. The van der Waals surface area contributed by atoms with Gasteiger partial charge in [-0.15, -0.1) is 11.3 Å². The lowest BCUT2D eigenvalue weighted by Crippen LogP contribution is -2.43. The largest absolute Gasteiger partial charge is 0.340 e. The molecule has 144 valence electrons. The van der Waals surface area contributed by atoms with Crippen LogP contribution in [0.1, 0.15) is 16.9 Å². The molecule has 2 amide bonds. The Balaban J connectivity index is 1.39. The second-order valence-electron chi connectivity index (χ2n) is 6.67. The Morgan fingerprint density at radius 2 is 1.96 bits per heavy atom. The first kappa shape index (κ1) is 18.2. The van der Waals surface area contributed by atoms with Gasteiger partial charge in [0.25, 0.3) is 5.91 Å². The molecule has 0 saturated carbocycles. The number of imidazole rings is 1. The van der Waals surface area contributed by atoms with Crippen LogP contribution in [0, 0.1) is 0 Å². The molecule has 3 heterocycles. The van der Waals surface area contributed by atoms with Crippen LogP contribution in [-0.2, 0) is 11.3 Å². The first-order valence-electron chi connectivity index (χ1n) is 8.84. The Hall–Kier alpha value is -3.20. The average molecular weight is 396 g/mol. The van der Waals surface area contributed by atoms with E-state index in [4.69, 9.17) is 0 Å². The van der Waals surface area contributed by atoms with E-state index in [-0.39, 0.29) is 18.2 Å². The lowest BCUT2D eigenvalue weighted by molar-refractivity contribution is -0.116. The van der Waals surface area contributed by atoms with Crippen molar-refractivity contribution in [2.75, 3.05) is 31.0 Å². The molecule has 0 fully saturated rings. The van der Waals surface area contributed by atoms with E-state index >= 15 is 0 Å². The van der Waals surface area contributed by atoms with Gasteiger partial charge in [-0.1, -0.05) is 0 Å². The molecule has 28 heavy (non-hydrogen) atoms. The van der Waals surface area contributed by atoms with Gasteiger partial charge in [-0.05, 0) is 24.3 Å². The summed E-state index contributed by atoms with van der Waals surface area (Å²) < 4.78 is 1.75. The van der Waals surface area contributed by atoms with E-state index in [1.165, 1.54) is 0 Å². The number of carbonyl (C=O) groups excluding carboxylic acids is 2. The highest BCUT2D eigenvalue weighted by Crippen LogP contribution is 2.25. The number of benzene rings is 1. The molecular formula is C19H20N6O2S. The summed E-state index contributed by atoms with van der Waals surface area (Å²) in [5.74, 6) is 0.458. The van der Waals surface area contributed by atoms with Gasteiger partial charge in [-0.2, -0.15) is 0 Å². The number of nitrogens with one attached hydrogen (secondary N) is 1. The SMILES string of the molecule is CN1CN(C)c2ncn(CCC(=O)Nc3ccc(-c4nccs4)cc3)c2C1=O. The van der Waals surface area contributed by atoms with Crippen LogP contribution in [0.15, 0.2) is 42.2 Å². The highest BCUT2D eigenvalue weighted by atomic mass is 32.1. The number of hydrogen-bond donors (Lipinski definition) is 1. The monoisotopic (exact) mass is 396 g/mol. The molecule has 0 saturated heterocycles. The van der Waals surface area contributed by atoms with Crippen LogP contribution in [0.4, 0.5) is 11.5 Å². The Labute approximate surface area is 166 Å². The molecule has 4 rings (SSSR count). The second kappa shape index (κ2) is 7.43. The third kappa shape index (κ3) is 3.48. The number of thiazole rings is 1. The summed E-state index contributed by atoms with van der Waals surface area (Å²) in [7, 11) is 3.64. The van der Waals surface area contributed by atoms with Crippen molar-refractivity contribution in [2.24, 2.45) is 0 Å². The number of anilines is 2. The van der Waals surface area contributed by atoms with E-state index < -0.39 is 0 Å². The second-order valence-corrected chi connectivity index (χ2v) is 7.56. The normalized spacial score (nSPS) is 13.6. The lowest BCUT2D eigenvalue weighted by atomic mass is 10.2. The van der Waals surface area contributed by atoms with Crippen LogP contribution in [0.25, 0.3) is 10.6 Å². The Kier molecular flexibility index (Phi) is 4.82. The van der Waals surface area contributed by atoms with Crippen LogP contribution >= 0.6 is 11.3 Å². The molecule has 0 spiro atoms. The molecule has 1 aliphatic rings. The van der Waals surface area contributed by atoms with Gasteiger partial charge < -0.3 is 19.7 Å². The van der Waals surface area contributed by atoms with Crippen molar-refractivity contribution in [3.63, 3.8) is 0 Å². The van der Waals surface area contributed by atoms with Crippen molar-refractivity contribution in [1.82, 2.24) is 19.4 Å². The molecule has 8 nitrogen and oxygen atoms in total. The van der Waals surface area contributed by atoms with Gasteiger partial charge in [0.1, 0.15) is 5.01 Å². The molecule has 2 aromatic heterocycles. The third-order valence-electron chi connectivity index (χ3n) is 4.58. The zero-order chi connectivity index (χ0) is 19.7. The molecule has 0 aliphatic carbocycles. The zero-order valence-corrected chi connectivity index (χ0v) is 16.4. The Morgan fingerprint density at radius 1 is 1.18 bits per heavy atom. The summed E-state index contributed by atoms with van der Waals surface area (Å²) in [6.45, 7) is 0.888. The first-order chi connectivity index (χ1) is 13.5. The molecule has 0 radical (unpaired) electrons. The molecule has 3 aromatic rings. The van der Waals surface area contributed by atoms with Crippen molar-refractivity contribution in [3.05, 3.63) is 47.9 Å². The fourth-order valence-corrected chi connectivity index (χ4v) is 3.82. The number of rotatable bonds is 5. The van der Waals surface area contributed by atoms with Gasteiger partial charge in [-0.25, -0.2) is 9.97 Å². The van der Waals surface area contributed by atoms with Crippen LogP contribution in [0.3, 0.4) is 0 Å². The van der Waals surface area contributed by atoms with Crippen LogP contribution in [-0.4, -0.2) is 52.0 Å². The first-order valence-corrected chi connectivity index (χ1v) is 9.72. The summed E-state index contributed by atoms with van der Waals surface area (Å²) in [5, 5.41) is 5.77. The molecule has 1 aromatic carbocycles. The molecule has 0 bridgehead atoms. The summed E-state index contributed by atoms with van der Waals surface area (Å²) in [5.41, 5.74) is 2.27. The highest BCUT2D eigenvalue weighted by molar-refractivity contribution is 7.13. The van der Waals surface area contributed by atoms with Crippen LogP contribution in [0.5, 0.6) is 0 Å². The lowest BCUT2D eigenvalue weighted by Gasteiger charge is -2.31. The predicted octanol–water partition coefficient (Wildman–Crippen LogP) is 2.51.